The van der Waals surface area contributed by atoms with E-state index in [1.165, 1.54) is 32.1 Å². The van der Waals surface area contributed by atoms with E-state index in [1.807, 2.05) is 0 Å². The fraction of sp³-hybridized carbons (Fsp3) is 0.857. The molecule has 1 N–H and O–H groups in total. The van der Waals surface area contributed by atoms with Gasteiger partial charge >= 0.3 is 0 Å². The number of fused-ring (bicyclic) bond motifs is 4. The van der Waals surface area contributed by atoms with Crippen molar-refractivity contribution in [1.82, 2.24) is 0 Å². The summed E-state index contributed by atoms with van der Waals surface area (Å²) < 4.78 is 0. The molecule has 4 rings (SSSR count). The summed E-state index contributed by atoms with van der Waals surface area (Å²) in [6.07, 6.45) is 9.30. The van der Waals surface area contributed by atoms with Crippen LogP contribution in [0.3, 0.4) is 0 Å². The largest absolute Gasteiger partial charge is 0.395 e. The van der Waals surface area contributed by atoms with Gasteiger partial charge in [0.25, 0.3) is 0 Å². The van der Waals surface area contributed by atoms with Gasteiger partial charge in [-0.3, -0.25) is 4.79 Å². The lowest BCUT2D eigenvalue weighted by atomic mass is 9.48. The summed E-state index contributed by atoms with van der Waals surface area (Å²) in [7, 11) is 0. The summed E-state index contributed by atoms with van der Waals surface area (Å²) in [5.41, 5.74) is 3.77. The molecule has 23 heavy (non-hydrogen) atoms. The standard InChI is InChI=1S/C21H32O2/c1-13-11-21(3)14(10-19(13)23)4-5-15-16-8-9-20(2,12-22)17(16)6-7-18(15)21/h13-15,18,22H,4-12H2,1-3H3/t13-,14?,15?,18?,20-,21-/m0/s1. The van der Waals surface area contributed by atoms with Crippen LogP contribution in [0.2, 0.25) is 0 Å². The molecule has 6 atom stereocenters. The summed E-state index contributed by atoms with van der Waals surface area (Å²) in [5, 5.41) is 9.89. The molecular formula is C21H32O2. The number of hydrogen-bond donors (Lipinski definition) is 1. The van der Waals surface area contributed by atoms with Gasteiger partial charge in [-0.25, -0.2) is 0 Å². The summed E-state index contributed by atoms with van der Waals surface area (Å²) in [4.78, 5) is 12.2. The molecule has 128 valence electrons. The average molecular weight is 316 g/mol. The summed E-state index contributed by atoms with van der Waals surface area (Å²) >= 11 is 0. The van der Waals surface area contributed by atoms with Crippen molar-refractivity contribution in [2.45, 2.75) is 72.1 Å². The second kappa shape index (κ2) is 5.18. The molecule has 0 aromatic carbocycles. The molecule has 0 aromatic heterocycles. The zero-order valence-electron chi connectivity index (χ0n) is 15.0. The molecule has 0 bridgehead atoms. The third-order valence-corrected chi connectivity index (χ3v) is 8.40. The van der Waals surface area contributed by atoms with Crippen molar-refractivity contribution >= 4 is 5.78 Å². The Hall–Kier alpha value is -0.630. The van der Waals surface area contributed by atoms with Gasteiger partial charge in [0.2, 0.25) is 0 Å². The predicted molar refractivity (Wildman–Crippen MR) is 91.9 cm³/mol. The number of hydrogen-bond acceptors (Lipinski definition) is 2. The van der Waals surface area contributed by atoms with Crippen LogP contribution in [0, 0.1) is 34.5 Å². The van der Waals surface area contributed by atoms with Crippen LogP contribution < -0.4 is 0 Å². The van der Waals surface area contributed by atoms with Crippen LogP contribution in [0.15, 0.2) is 11.1 Å². The Labute approximate surface area is 140 Å². The van der Waals surface area contributed by atoms with E-state index in [-0.39, 0.29) is 11.3 Å². The summed E-state index contributed by atoms with van der Waals surface area (Å²) in [6.45, 7) is 7.24. The molecule has 0 heterocycles. The summed E-state index contributed by atoms with van der Waals surface area (Å²) in [6, 6.07) is 0. The van der Waals surface area contributed by atoms with Crippen molar-refractivity contribution in [2.75, 3.05) is 6.61 Å². The lowest BCUT2D eigenvalue weighted by molar-refractivity contribution is -0.136. The zero-order valence-corrected chi connectivity index (χ0v) is 15.0. The Kier molecular flexibility index (Phi) is 3.58. The monoisotopic (exact) mass is 316 g/mol. The van der Waals surface area contributed by atoms with E-state index in [1.54, 1.807) is 11.1 Å². The highest BCUT2D eigenvalue weighted by atomic mass is 16.3. The number of carbonyl (C=O) groups is 1. The summed E-state index contributed by atoms with van der Waals surface area (Å²) in [5.74, 6) is 2.91. The first kappa shape index (κ1) is 15.9. The van der Waals surface area contributed by atoms with Crippen LogP contribution >= 0.6 is 0 Å². The molecule has 0 radical (unpaired) electrons. The van der Waals surface area contributed by atoms with Gasteiger partial charge in [-0.2, -0.15) is 0 Å². The number of allylic oxidation sites excluding steroid dienone is 1. The van der Waals surface area contributed by atoms with E-state index in [9.17, 15) is 9.90 Å². The van der Waals surface area contributed by atoms with Crippen LogP contribution in [0.25, 0.3) is 0 Å². The Morgan fingerprint density at radius 3 is 2.70 bits per heavy atom. The van der Waals surface area contributed by atoms with Gasteiger partial charge < -0.3 is 5.11 Å². The van der Waals surface area contributed by atoms with Crippen LogP contribution in [0.4, 0.5) is 0 Å². The molecule has 0 aliphatic heterocycles. The second-order valence-corrected chi connectivity index (χ2v) is 9.53. The molecule has 0 aromatic rings. The minimum atomic E-state index is 0.0634. The number of aliphatic hydroxyl groups excluding tert-OH is 1. The van der Waals surface area contributed by atoms with Crippen LogP contribution in [0.5, 0.6) is 0 Å². The van der Waals surface area contributed by atoms with Crippen molar-refractivity contribution in [2.24, 2.45) is 34.5 Å². The minimum absolute atomic E-state index is 0.0634. The fourth-order valence-corrected chi connectivity index (χ4v) is 6.94. The molecule has 0 spiro atoms. The zero-order chi connectivity index (χ0) is 16.4. The maximum absolute atomic E-state index is 12.2. The lowest BCUT2D eigenvalue weighted by Crippen LogP contribution is -2.50. The molecular weight excluding hydrogens is 284 g/mol. The van der Waals surface area contributed by atoms with E-state index in [0.717, 1.165) is 31.1 Å². The first-order chi connectivity index (χ1) is 10.9. The smallest absolute Gasteiger partial charge is 0.136 e. The predicted octanol–water partition coefficient (Wildman–Crippen LogP) is 4.52. The molecule has 3 unspecified atom stereocenters. The van der Waals surface area contributed by atoms with E-state index < -0.39 is 0 Å². The highest BCUT2D eigenvalue weighted by Gasteiger charge is 2.55. The van der Waals surface area contributed by atoms with Gasteiger partial charge in [-0.05, 0) is 68.1 Å². The highest BCUT2D eigenvalue weighted by Crippen LogP contribution is 2.63. The van der Waals surface area contributed by atoms with Gasteiger partial charge in [0, 0.05) is 17.8 Å². The number of Topliss-reactive ketones (excluding diaryl/α,β-unsaturated/α-hetero) is 1. The van der Waals surface area contributed by atoms with E-state index in [0.29, 0.717) is 23.7 Å². The number of carbonyl (C=O) groups excluding carboxylic acids is 1. The average Bonchev–Trinajstić information content (AvgIpc) is 2.87. The van der Waals surface area contributed by atoms with Crippen LogP contribution in [-0.2, 0) is 4.79 Å². The Morgan fingerprint density at radius 1 is 1.17 bits per heavy atom. The Morgan fingerprint density at radius 2 is 1.96 bits per heavy atom. The maximum Gasteiger partial charge on any atom is 0.136 e. The van der Waals surface area contributed by atoms with Crippen LogP contribution in [-0.4, -0.2) is 17.5 Å². The van der Waals surface area contributed by atoms with Crippen molar-refractivity contribution in [3.05, 3.63) is 11.1 Å². The van der Waals surface area contributed by atoms with Crippen molar-refractivity contribution in [1.29, 1.82) is 0 Å². The lowest BCUT2D eigenvalue weighted by Gasteiger charge is -2.57. The van der Waals surface area contributed by atoms with Crippen LogP contribution in [0.1, 0.15) is 72.1 Å². The molecule has 2 saturated carbocycles. The van der Waals surface area contributed by atoms with E-state index in [2.05, 4.69) is 20.8 Å². The highest BCUT2D eigenvalue weighted by molar-refractivity contribution is 5.82. The van der Waals surface area contributed by atoms with E-state index in [4.69, 9.17) is 0 Å². The quantitative estimate of drug-likeness (QED) is 0.722. The van der Waals surface area contributed by atoms with Crippen molar-refractivity contribution in [3.63, 3.8) is 0 Å². The second-order valence-electron chi connectivity index (χ2n) is 9.53. The first-order valence-electron chi connectivity index (χ1n) is 9.75. The van der Waals surface area contributed by atoms with Crippen molar-refractivity contribution in [3.8, 4) is 0 Å². The molecule has 2 heteroatoms. The van der Waals surface area contributed by atoms with Gasteiger partial charge in [0.15, 0.2) is 0 Å². The number of ketones is 1. The topological polar surface area (TPSA) is 37.3 Å². The third kappa shape index (κ3) is 2.13. The SMILES string of the molecule is C[C@H]1C[C@@]2(C)C(CCC3C4=C(CCC32)[C@](C)(CO)CC4)CC1=O. The molecule has 0 saturated heterocycles. The van der Waals surface area contributed by atoms with Gasteiger partial charge in [-0.15, -0.1) is 0 Å². The normalized spacial score (nSPS) is 49.7. The van der Waals surface area contributed by atoms with Gasteiger partial charge in [-0.1, -0.05) is 31.9 Å². The number of rotatable bonds is 1. The Bertz CT molecular complexity index is 562. The molecule has 4 aliphatic rings. The maximum atomic E-state index is 12.2. The fourth-order valence-electron chi connectivity index (χ4n) is 6.94. The van der Waals surface area contributed by atoms with E-state index >= 15 is 0 Å². The molecule has 2 nitrogen and oxygen atoms in total. The molecule has 0 amide bonds. The Balaban J connectivity index is 1.67. The first-order valence-corrected chi connectivity index (χ1v) is 9.75. The van der Waals surface area contributed by atoms with Gasteiger partial charge in [0.1, 0.15) is 5.78 Å². The van der Waals surface area contributed by atoms with Crippen molar-refractivity contribution < 1.29 is 9.90 Å². The third-order valence-electron chi connectivity index (χ3n) is 8.40. The molecule has 4 aliphatic carbocycles. The molecule has 2 fully saturated rings. The van der Waals surface area contributed by atoms with Gasteiger partial charge in [0.05, 0.1) is 6.61 Å². The number of aliphatic hydroxyl groups is 1. The minimum Gasteiger partial charge on any atom is -0.395 e.